The van der Waals surface area contributed by atoms with Crippen molar-refractivity contribution in [1.29, 1.82) is 0 Å². The predicted octanol–water partition coefficient (Wildman–Crippen LogP) is 1.46. The van der Waals surface area contributed by atoms with Gasteiger partial charge in [0.25, 0.3) is 0 Å². The minimum atomic E-state index is -3.17. The van der Waals surface area contributed by atoms with E-state index in [1.165, 1.54) is 10.6 Å². The third-order valence-electron chi connectivity index (χ3n) is 5.96. The van der Waals surface area contributed by atoms with Gasteiger partial charge in [0.1, 0.15) is 0 Å². The van der Waals surface area contributed by atoms with Gasteiger partial charge in [-0.1, -0.05) is 12.1 Å². The van der Waals surface area contributed by atoms with Crippen LogP contribution in [-0.4, -0.2) is 63.5 Å². The van der Waals surface area contributed by atoms with E-state index < -0.39 is 17.1 Å². The van der Waals surface area contributed by atoms with Crippen LogP contribution in [0.3, 0.4) is 0 Å². The van der Waals surface area contributed by atoms with Crippen LogP contribution in [0.2, 0.25) is 0 Å². The maximum atomic E-state index is 11.8. The van der Waals surface area contributed by atoms with Crippen molar-refractivity contribution in [2.45, 2.75) is 51.4 Å². The molecule has 1 unspecified atom stereocenters. The first-order chi connectivity index (χ1) is 11.9. The zero-order valence-corrected chi connectivity index (χ0v) is 17.3. The van der Waals surface area contributed by atoms with Crippen LogP contribution >= 0.6 is 0 Å². The molecule has 144 valence electrons. The second-order valence-electron chi connectivity index (χ2n) is 8.35. The average Bonchev–Trinajstić information content (AvgIpc) is 3.09. The molecule has 0 aromatic heterocycles. The minimum absolute atomic E-state index is 0.00510. The Morgan fingerprint density at radius 3 is 2.38 bits per heavy atom. The van der Waals surface area contributed by atoms with Crippen LogP contribution in [0.1, 0.15) is 34.1 Å². The van der Waals surface area contributed by atoms with E-state index in [1.807, 2.05) is 39.8 Å². The van der Waals surface area contributed by atoms with E-state index in [2.05, 4.69) is 17.0 Å². The average molecular weight is 380 g/mol. The lowest BCUT2D eigenvalue weighted by Crippen LogP contribution is -2.41. The molecule has 0 spiro atoms. The molecule has 1 aromatic rings. The molecule has 26 heavy (non-hydrogen) atoms. The van der Waals surface area contributed by atoms with E-state index in [0.717, 1.165) is 24.1 Å². The summed E-state index contributed by atoms with van der Waals surface area (Å²) in [7, 11) is -1.91. The van der Waals surface area contributed by atoms with E-state index in [9.17, 15) is 8.42 Å². The van der Waals surface area contributed by atoms with Gasteiger partial charge in [0.15, 0.2) is 0 Å². The normalized spacial score (nSPS) is 25.3. The Labute approximate surface area is 157 Å². The lowest BCUT2D eigenvalue weighted by atomic mass is 9.79. The molecule has 3 rings (SSSR count). The molecule has 0 amide bonds. The van der Waals surface area contributed by atoms with Crippen molar-refractivity contribution in [3.63, 3.8) is 0 Å². The lowest BCUT2D eigenvalue weighted by Gasteiger charge is -2.32. The topological polar surface area (TPSA) is 59.1 Å². The van der Waals surface area contributed by atoms with E-state index in [1.54, 1.807) is 7.05 Å². The molecular weight excluding hydrogens is 351 g/mol. The fourth-order valence-corrected chi connectivity index (χ4v) is 4.10. The Kier molecular flexibility index (Phi) is 4.93. The zero-order chi connectivity index (χ0) is 19.3. The fraction of sp³-hybridized carbons (Fsp3) is 0.667. The van der Waals surface area contributed by atoms with Gasteiger partial charge in [-0.05, 0) is 51.7 Å². The van der Waals surface area contributed by atoms with E-state index in [4.69, 9.17) is 9.31 Å². The van der Waals surface area contributed by atoms with Crippen molar-refractivity contribution < 1.29 is 17.7 Å². The Morgan fingerprint density at radius 1 is 1.19 bits per heavy atom. The van der Waals surface area contributed by atoms with Crippen molar-refractivity contribution in [2.24, 2.45) is 0 Å². The summed E-state index contributed by atoms with van der Waals surface area (Å²) in [6.45, 7) is 9.70. The highest BCUT2D eigenvalue weighted by molar-refractivity contribution is 7.88. The van der Waals surface area contributed by atoms with Gasteiger partial charge in [-0.2, -0.15) is 0 Å². The molecule has 0 radical (unpaired) electrons. The van der Waals surface area contributed by atoms with Crippen molar-refractivity contribution in [2.75, 3.05) is 31.3 Å². The highest BCUT2D eigenvalue weighted by atomic mass is 32.2. The molecule has 0 bridgehead atoms. The molecule has 2 saturated heterocycles. The van der Waals surface area contributed by atoms with Gasteiger partial charge < -0.3 is 14.2 Å². The number of nitrogens with zero attached hydrogens (tertiary/aromatic N) is 2. The van der Waals surface area contributed by atoms with Crippen molar-refractivity contribution in [3.05, 3.63) is 24.3 Å². The molecule has 1 aromatic carbocycles. The van der Waals surface area contributed by atoms with E-state index >= 15 is 0 Å². The Balaban J connectivity index is 1.75. The quantitative estimate of drug-likeness (QED) is 0.741. The first-order valence-corrected chi connectivity index (χ1v) is 10.9. The molecule has 2 aliphatic heterocycles. The fourth-order valence-electron chi connectivity index (χ4n) is 3.39. The third kappa shape index (κ3) is 3.65. The van der Waals surface area contributed by atoms with Gasteiger partial charge in [-0.15, -0.1) is 0 Å². The Morgan fingerprint density at radius 2 is 1.81 bits per heavy atom. The summed E-state index contributed by atoms with van der Waals surface area (Å²) in [5, 5.41) is 0. The van der Waals surface area contributed by atoms with Crippen LogP contribution in [0.5, 0.6) is 0 Å². The van der Waals surface area contributed by atoms with Crippen LogP contribution in [0, 0.1) is 0 Å². The van der Waals surface area contributed by atoms with Gasteiger partial charge in [0, 0.05) is 31.9 Å². The Bertz CT molecular complexity index is 765. The highest BCUT2D eigenvalue weighted by Crippen LogP contribution is 2.36. The van der Waals surface area contributed by atoms with Gasteiger partial charge in [-0.25, -0.2) is 12.7 Å². The van der Waals surface area contributed by atoms with Crippen molar-refractivity contribution in [1.82, 2.24) is 4.31 Å². The maximum absolute atomic E-state index is 11.8. The smallest absolute Gasteiger partial charge is 0.399 e. The van der Waals surface area contributed by atoms with Gasteiger partial charge in [0.2, 0.25) is 10.0 Å². The van der Waals surface area contributed by atoms with E-state index in [0.29, 0.717) is 6.54 Å². The largest absolute Gasteiger partial charge is 0.494 e. The van der Waals surface area contributed by atoms with Crippen LogP contribution in [0.15, 0.2) is 24.3 Å². The summed E-state index contributed by atoms with van der Waals surface area (Å²) in [6.07, 6.45) is 2.08. The van der Waals surface area contributed by atoms with Gasteiger partial charge >= 0.3 is 7.12 Å². The maximum Gasteiger partial charge on any atom is 0.494 e. The summed E-state index contributed by atoms with van der Waals surface area (Å²) in [4.78, 5) is 2.22. The number of sulfonamides is 1. The third-order valence-corrected chi connectivity index (χ3v) is 7.31. The molecule has 0 N–H and O–H groups in total. The molecular formula is C18H29BN2O4S. The molecule has 1 atom stereocenters. The molecule has 8 heteroatoms. The summed E-state index contributed by atoms with van der Waals surface area (Å²) in [5.74, 6) is 0. The SMILES string of the molecule is CN(C1CCN(c2cccc(B3OC(C)(C)C(C)(C)O3)c2)C1)S(C)(=O)=O. The van der Waals surface area contributed by atoms with Gasteiger partial charge in [-0.3, -0.25) is 0 Å². The molecule has 2 aliphatic rings. The molecule has 6 nitrogen and oxygen atoms in total. The zero-order valence-electron chi connectivity index (χ0n) is 16.5. The summed E-state index contributed by atoms with van der Waals surface area (Å²) >= 11 is 0. The summed E-state index contributed by atoms with van der Waals surface area (Å²) in [6, 6.07) is 8.17. The molecule has 2 heterocycles. The second-order valence-corrected chi connectivity index (χ2v) is 10.4. The van der Waals surface area contributed by atoms with Crippen molar-refractivity contribution in [3.8, 4) is 0 Å². The number of rotatable bonds is 4. The van der Waals surface area contributed by atoms with Crippen molar-refractivity contribution >= 4 is 28.3 Å². The summed E-state index contributed by atoms with van der Waals surface area (Å²) < 4.78 is 37.3. The number of likely N-dealkylation sites (N-methyl/N-ethyl adjacent to an activating group) is 1. The minimum Gasteiger partial charge on any atom is -0.399 e. The van der Waals surface area contributed by atoms with Gasteiger partial charge in [0.05, 0.1) is 17.5 Å². The highest BCUT2D eigenvalue weighted by Gasteiger charge is 2.51. The number of hydrogen-bond donors (Lipinski definition) is 0. The monoisotopic (exact) mass is 380 g/mol. The van der Waals surface area contributed by atoms with Crippen LogP contribution in [-0.2, 0) is 19.3 Å². The number of benzene rings is 1. The Hall–Kier alpha value is -1.09. The standard InChI is InChI=1S/C18H29BN2O4S/c1-17(2)18(3,4)25-19(24-17)14-8-7-9-15(12-14)21-11-10-16(13-21)20(5)26(6,22)23/h7-9,12,16H,10-11,13H2,1-6H3. The van der Waals surface area contributed by atoms with E-state index in [-0.39, 0.29) is 17.2 Å². The molecule has 0 saturated carbocycles. The first-order valence-electron chi connectivity index (χ1n) is 9.04. The first kappa shape index (κ1) is 19.7. The predicted molar refractivity (Wildman–Crippen MR) is 105 cm³/mol. The number of anilines is 1. The molecule has 2 fully saturated rings. The lowest BCUT2D eigenvalue weighted by molar-refractivity contribution is 0.00578. The number of hydrogen-bond acceptors (Lipinski definition) is 5. The van der Waals surface area contributed by atoms with Crippen LogP contribution in [0.4, 0.5) is 5.69 Å². The van der Waals surface area contributed by atoms with Crippen LogP contribution < -0.4 is 10.4 Å². The molecule has 0 aliphatic carbocycles. The second kappa shape index (κ2) is 6.51. The summed E-state index contributed by atoms with van der Waals surface area (Å²) in [5.41, 5.74) is 1.32. The van der Waals surface area contributed by atoms with Crippen LogP contribution in [0.25, 0.3) is 0 Å².